The Hall–Kier alpha value is -1.47. The van der Waals surface area contributed by atoms with E-state index in [0.29, 0.717) is 31.9 Å². The van der Waals surface area contributed by atoms with E-state index < -0.39 is 0 Å². The monoisotopic (exact) mass is 225 g/mol. The van der Waals surface area contributed by atoms with Crippen molar-refractivity contribution in [3.8, 4) is 0 Å². The number of carbonyl (C=O) groups is 1. The van der Waals surface area contributed by atoms with E-state index in [9.17, 15) is 4.79 Å². The van der Waals surface area contributed by atoms with E-state index in [1.165, 1.54) is 0 Å². The molecule has 0 unspecified atom stereocenters. The van der Waals surface area contributed by atoms with Gasteiger partial charge in [0.1, 0.15) is 0 Å². The predicted molar refractivity (Wildman–Crippen MR) is 55.6 cm³/mol. The second-order valence-corrected chi connectivity index (χ2v) is 3.91. The number of rotatable bonds is 4. The standard InChI is InChI=1S/C9H15N5O2/c10-1-2-14-5-8(11-12-14)9(16)13-3-7(4-13)6-15/h5,7,15H,1-4,6,10H2. The maximum absolute atomic E-state index is 11.8. The van der Waals surface area contributed by atoms with Crippen LogP contribution in [0.25, 0.3) is 0 Å². The number of aliphatic hydroxyl groups is 1. The average molecular weight is 225 g/mol. The lowest BCUT2D eigenvalue weighted by molar-refractivity contribution is 0.0356. The van der Waals surface area contributed by atoms with E-state index in [1.54, 1.807) is 15.8 Å². The Labute approximate surface area is 92.8 Å². The third-order valence-electron chi connectivity index (χ3n) is 2.62. The van der Waals surface area contributed by atoms with Crippen LogP contribution in [-0.2, 0) is 6.54 Å². The van der Waals surface area contributed by atoms with Crippen LogP contribution in [0.1, 0.15) is 10.5 Å². The number of hydrogen-bond donors (Lipinski definition) is 2. The van der Waals surface area contributed by atoms with Gasteiger partial charge in [-0.2, -0.15) is 0 Å². The highest BCUT2D eigenvalue weighted by molar-refractivity contribution is 5.92. The van der Waals surface area contributed by atoms with E-state index in [1.807, 2.05) is 0 Å². The number of amides is 1. The number of likely N-dealkylation sites (tertiary alicyclic amines) is 1. The van der Waals surface area contributed by atoms with Crippen molar-refractivity contribution >= 4 is 5.91 Å². The number of carbonyl (C=O) groups excluding carboxylic acids is 1. The van der Waals surface area contributed by atoms with Gasteiger partial charge in [-0.1, -0.05) is 5.21 Å². The molecule has 1 aliphatic rings. The van der Waals surface area contributed by atoms with Crippen LogP contribution in [0.4, 0.5) is 0 Å². The first-order valence-electron chi connectivity index (χ1n) is 5.25. The van der Waals surface area contributed by atoms with Crippen molar-refractivity contribution in [1.29, 1.82) is 0 Å². The van der Waals surface area contributed by atoms with E-state index >= 15 is 0 Å². The highest BCUT2D eigenvalue weighted by atomic mass is 16.3. The molecule has 0 bridgehead atoms. The summed E-state index contributed by atoms with van der Waals surface area (Å²) in [5.74, 6) is 0.0796. The van der Waals surface area contributed by atoms with Gasteiger partial charge in [0.2, 0.25) is 0 Å². The van der Waals surface area contributed by atoms with Gasteiger partial charge >= 0.3 is 0 Å². The quantitative estimate of drug-likeness (QED) is 0.636. The summed E-state index contributed by atoms with van der Waals surface area (Å²) in [6, 6.07) is 0. The van der Waals surface area contributed by atoms with E-state index in [2.05, 4.69) is 10.3 Å². The van der Waals surface area contributed by atoms with Crippen molar-refractivity contribution in [1.82, 2.24) is 19.9 Å². The van der Waals surface area contributed by atoms with Gasteiger partial charge < -0.3 is 15.7 Å². The molecular weight excluding hydrogens is 210 g/mol. The minimum atomic E-state index is -0.132. The Bertz CT molecular complexity index is 372. The molecule has 7 heteroatoms. The van der Waals surface area contributed by atoms with Crippen LogP contribution in [-0.4, -0.2) is 57.1 Å². The van der Waals surface area contributed by atoms with E-state index in [4.69, 9.17) is 10.8 Å². The summed E-state index contributed by atoms with van der Waals surface area (Å²) >= 11 is 0. The Morgan fingerprint density at radius 1 is 1.62 bits per heavy atom. The molecule has 0 atom stereocenters. The Balaban J connectivity index is 1.94. The van der Waals surface area contributed by atoms with E-state index in [-0.39, 0.29) is 18.4 Å². The minimum absolute atomic E-state index is 0.129. The fourth-order valence-electron chi connectivity index (χ4n) is 1.65. The zero-order valence-electron chi connectivity index (χ0n) is 8.91. The Morgan fingerprint density at radius 2 is 2.38 bits per heavy atom. The number of nitrogens with two attached hydrogens (primary N) is 1. The largest absolute Gasteiger partial charge is 0.396 e. The Morgan fingerprint density at radius 3 is 3.00 bits per heavy atom. The smallest absolute Gasteiger partial charge is 0.276 e. The molecule has 3 N–H and O–H groups in total. The van der Waals surface area contributed by atoms with Gasteiger partial charge in [0, 0.05) is 32.2 Å². The number of aromatic nitrogens is 3. The molecule has 0 saturated carbocycles. The lowest BCUT2D eigenvalue weighted by atomic mass is 10.0. The van der Waals surface area contributed by atoms with Crippen molar-refractivity contribution in [2.45, 2.75) is 6.54 Å². The fourth-order valence-corrected chi connectivity index (χ4v) is 1.65. The van der Waals surface area contributed by atoms with Crippen LogP contribution < -0.4 is 5.73 Å². The van der Waals surface area contributed by atoms with Gasteiger partial charge in [-0.15, -0.1) is 5.10 Å². The number of hydrogen-bond acceptors (Lipinski definition) is 5. The zero-order valence-corrected chi connectivity index (χ0v) is 8.91. The molecule has 2 rings (SSSR count). The molecular formula is C9H15N5O2. The van der Waals surface area contributed by atoms with E-state index in [0.717, 1.165) is 0 Å². The maximum Gasteiger partial charge on any atom is 0.276 e. The molecule has 1 amide bonds. The molecule has 1 fully saturated rings. The van der Waals surface area contributed by atoms with Crippen molar-refractivity contribution in [3.05, 3.63) is 11.9 Å². The first-order valence-corrected chi connectivity index (χ1v) is 5.25. The van der Waals surface area contributed by atoms with Gasteiger partial charge in [-0.3, -0.25) is 9.48 Å². The predicted octanol–water partition coefficient (Wildman–Crippen LogP) is -1.70. The maximum atomic E-state index is 11.8. The summed E-state index contributed by atoms with van der Waals surface area (Å²) in [4.78, 5) is 13.5. The highest BCUT2D eigenvalue weighted by Crippen LogP contribution is 2.16. The van der Waals surface area contributed by atoms with Crippen molar-refractivity contribution in [2.75, 3.05) is 26.2 Å². The minimum Gasteiger partial charge on any atom is -0.396 e. The summed E-state index contributed by atoms with van der Waals surface area (Å²) in [6.45, 7) is 2.34. The first-order chi connectivity index (χ1) is 7.74. The second kappa shape index (κ2) is 4.58. The van der Waals surface area contributed by atoms with Crippen LogP contribution >= 0.6 is 0 Å². The van der Waals surface area contributed by atoms with Crippen LogP contribution in [0, 0.1) is 5.92 Å². The third-order valence-corrected chi connectivity index (χ3v) is 2.62. The molecule has 0 radical (unpaired) electrons. The van der Waals surface area contributed by atoms with Crippen LogP contribution in [0.5, 0.6) is 0 Å². The molecule has 1 saturated heterocycles. The summed E-state index contributed by atoms with van der Waals surface area (Å²) in [7, 11) is 0. The van der Waals surface area contributed by atoms with Crippen LogP contribution in [0.15, 0.2) is 6.20 Å². The molecule has 88 valence electrons. The SMILES string of the molecule is NCCn1cc(C(=O)N2CC(CO)C2)nn1. The molecule has 0 aromatic carbocycles. The van der Waals surface area contributed by atoms with Gasteiger partial charge in [0.15, 0.2) is 5.69 Å². The normalized spacial score (nSPS) is 16.2. The topological polar surface area (TPSA) is 97.3 Å². The van der Waals surface area contributed by atoms with Gasteiger partial charge in [-0.05, 0) is 0 Å². The number of aliphatic hydroxyl groups excluding tert-OH is 1. The second-order valence-electron chi connectivity index (χ2n) is 3.91. The molecule has 16 heavy (non-hydrogen) atoms. The summed E-state index contributed by atoms with van der Waals surface area (Å²) in [5.41, 5.74) is 5.71. The third kappa shape index (κ3) is 2.05. The highest BCUT2D eigenvalue weighted by Gasteiger charge is 2.31. The molecule has 2 heterocycles. The number of nitrogens with zero attached hydrogens (tertiary/aromatic N) is 4. The summed E-state index contributed by atoms with van der Waals surface area (Å²) in [6.07, 6.45) is 1.60. The van der Waals surface area contributed by atoms with Gasteiger partial charge in [0.25, 0.3) is 5.91 Å². The van der Waals surface area contributed by atoms with Crippen LogP contribution in [0.3, 0.4) is 0 Å². The molecule has 1 aromatic rings. The lowest BCUT2D eigenvalue weighted by Gasteiger charge is -2.37. The molecule has 1 aliphatic heterocycles. The average Bonchev–Trinajstić information content (AvgIpc) is 2.65. The first kappa shape index (κ1) is 11.0. The lowest BCUT2D eigenvalue weighted by Crippen LogP contribution is -2.51. The Kier molecular flexibility index (Phi) is 3.16. The van der Waals surface area contributed by atoms with Crippen molar-refractivity contribution in [3.63, 3.8) is 0 Å². The van der Waals surface area contributed by atoms with Gasteiger partial charge in [-0.25, -0.2) is 0 Å². The fraction of sp³-hybridized carbons (Fsp3) is 0.667. The summed E-state index contributed by atoms with van der Waals surface area (Å²) < 4.78 is 1.55. The van der Waals surface area contributed by atoms with Crippen molar-refractivity contribution in [2.24, 2.45) is 11.7 Å². The summed E-state index contributed by atoms with van der Waals surface area (Å²) in [5, 5.41) is 16.4. The van der Waals surface area contributed by atoms with Crippen molar-refractivity contribution < 1.29 is 9.90 Å². The zero-order chi connectivity index (χ0) is 11.5. The van der Waals surface area contributed by atoms with Gasteiger partial charge in [0.05, 0.1) is 12.7 Å². The molecule has 7 nitrogen and oxygen atoms in total. The van der Waals surface area contributed by atoms with Crippen LogP contribution in [0.2, 0.25) is 0 Å². The molecule has 0 aliphatic carbocycles. The molecule has 1 aromatic heterocycles. The molecule has 0 spiro atoms.